The van der Waals surface area contributed by atoms with Crippen LogP contribution >= 0.6 is 11.6 Å². The monoisotopic (exact) mass is 339 g/mol. The van der Waals surface area contributed by atoms with Crippen molar-refractivity contribution in [3.05, 3.63) is 70.7 Å². The fourth-order valence-corrected chi connectivity index (χ4v) is 3.25. The molecule has 0 aromatic heterocycles. The van der Waals surface area contributed by atoms with E-state index in [0.29, 0.717) is 24.0 Å². The zero-order chi connectivity index (χ0) is 16.4. The first-order valence-corrected chi connectivity index (χ1v) is 8.44. The summed E-state index contributed by atoms with van der Waals surface area (Å²) in [5.41, 5.74) is 2.35. The quantitative estimate of drug-likeness (QED) is 0.756. The molecule has 0 radical (unpaired) electrons. The van der Waals surface area contributed by atoms with Crippen molar-refractivity contribution in [1.29, 1.82) is 0 Å². The smallest absolute Gasteiger partial charge is 0.179 e. The molecule has 24 heavy (non-hydrogen) atoms. The summed E-state index contributed by atoms with van der Waals surface area (Å²) in [6.07, 6.45) is 0. The molecule has 4 rings (SSSR count). The van der Waals surface area contributed by atoms with Gasteiger partial charge in [-0.3, -0.25) is 0 Å². The second-order valence-corrected chi connectivity index (χ2v) is 6.29. The van der Waals surface area contributed by atoms with Gasteiger partial charge in [-0.1, -0.05) is 48.0 Å². The lowest BCUT2D eigenvalue weighted by Gasteiger charge is -2.20. The Bertz CT molecular complexity index is 879. The van der Waals surface area contributed by atoms with Crippen molar-refractivity contribution in [3.8, 4) is 11.5 Å². The van der Waals surface area contributed by atoms with E-state index in [4.69, 9.17) is 21.1 Å². The highest BCUT2D eigenvalue weighted by Gasteiger charge is 2.16. The molecule has 0 aliphatic carbocycles. The molecule has 3 nitrogen and oxygen atoms in total. The average molecular weight is 340 g/mol. The number of benzene rings is 3. The lowest BCUT2D eigenvalue weighted by Crippen LogP contribution is -2.17. The van der Waals surface area contributed by atoms with Gasteiger partial charge >= 0.3 is 0 Å². The van der Waals surface area contributed by atoms with Crippen LogP contribution in [0.25, 0.3) is 10.8 Å². The highest BCUT2D eigenvalue weighted by atomic mass is 35.5. The van der Waals surface area contributed by atoms with Gasteiger partial charge in [0, 0.05) is 13.1 Å². The normalized spacial score (nSPS) is 13.2. The van der Waals surface area contributed by atoms with E-state index in [2.05, 4.69) is 47.8 Å². The van der Waals surface area contributed by atoms with Crippen LogP contribution in [0.3, 0.4) is 0 Å². The first kappa shape index (κ1) is 15.3. The van der Waals surface area contributed by atoms with E-state index < -0.39 is 0 Å². The summed E-state index contributed by atoms with van der Waals surface area (Å²) >= 11 is 6.28. The van der Waals surface area contributed by atoms with Gasteiger partial charge in [-0.05, 0) is 40.1 Å². The van der Waals surface area contributed by atoms with Crippen LogP contribution in [-0.2, 0) is 13.1 Å². The molecule has 0 spiro atoms. The standard InChI is InChI=1S/C20H18ClNO2/c21-18-10-15(11-19-20(18)24-8-7-23-19)13-22-12-14-5-6-16-3-1-2-4-17(16)9-14/h1-6,9-11,22H,7-8,12-13H2. The first-order valence-electron chi connectivity index (χ1n) is 8.06. The number of ether oxygens (including phenoxy) is 2. The molecule has 3 aromatic carbocycles. The van der Waals surface area contributed by atoms with E-state index in [1.165, 1.54) is 16.3 Å². The number of hydrogen-bond acceptors (Lipinski definition) is 3. The first-order chi connectivity index (χ1) is 11.8. The molecule has 0 amide bonds. The van der Waals surface area contributed by atoms with Crippen LogP contribution in [0.5, 0.6) is 11.5 Å². The fourth-order valence-electron chi connectivity index (χ4n) is 2.97. The summed E-state index contributed by atoms with van der Waals surface area (Å²) < 4.78 is 11.2. The van der Waals surface area contributed by atoms with Gasteiger partial charge in [0.05, 0.1) is 5.02 Å². The van der Waals surface area contributed by atoms with Gasteiger partial charge in [0.25, 0.3) is 0 Å². The number of hydrogen-bond donors (Lipinski definition) is 1. The molecular weight excluding hydrogens is 322 g/mol. The molecule has 0 unspecified atom stereocenters. The zero-order valence-corrected chi connectivity index (χ0v) is 14.0. The Morgan fingerprint density at radius 3 is 2.54 bits per heavy atom. The molecule has 1 aliphatic rings. The molecule has 0 atom stereocenters. The van der Waals surface area contributed by atoms with Gasteiger partial charge in [0.2, 0.25) is 0 Å². The highest BCUT2D eigenvalue weighted by Crippen LogP contribution is 2.38. The predicted molar refractivity (Wildman–Crippen MR) is 96.9 cm³/mol. The molecule has 0 saturated carbocycles. The Labute approximate surface area is 146 Å². The molecule has 1 N–H and O–H groups in total. The molecular formula is C20H18ClNO2. The van der Waals surface area contributed by atoms with Crippen LogP contribution in [-0.4, -0.2) is 13.2 Å². The van der Waals surface area contributed by atoms with E-state index in [9.17, 15) is 0 Å². The fraction of sp³-hybridized carbons (Fsp3) is 0.200. The van der Waals surface area contributed by atoms with Gasteiger partial charge in [0.15, 0.2) is 11.5 Å². The second kappa shape index (κ2) is 6.71. The summed E-state index contributed by atoms with van der Waals surface area (Å²) in [6.45, 7) is 2.64. The third kappa shape index (κ3) is 3.18. The lowest BCUT2D eigenvalue weighted by atomic mass is 10.1. The molecule has 1 heterocycles. The summed E-state index contributed by atoms with van der Waals surface area (Å²) in [5.74, 6) is 1.39. The van der Waals surface area contributed by atoms with Crippen molar-refractivity contribution in [2.45, 2.75) is 13.1 Å². The molecule has 122 valence electrons. The lowest BCUT2D eigenvalue weighted by molar-refractivity contribution is 0.171. The zero-order valence-electron chi connectivity index (χ0n) is 13.2. The average Bonchev–Trinajstić information content (AvgIpc) is 2.62. The van der Waals surface area contributed by atoms with Crippen molar-refractivity contribution >= 4 is 22.4 Å². The molecule has 1 aliphatic heterocycles. The highest BCUT2D eigenvalue weighted by molar-refractivity contribution is 6.32. The number of rotatable bonds is 4. The van der Waals surface area contributed by atoms with Crippen LogP contribution in [0.15, 0.2) is 54.6 Å². The second-order valence-electron chi connectivity index (χ2n) is 5.89. The molecule has 0 saturated heterocycles. The maximum absolute atomic E-state index is 6.28. The minimum Gasteiger partial charge on any atom is -0.486 e. The molecule has 0 bridgehead atoms. The van der Waals surface area contributed by atoms with E-state index in [1.807, 2.05) is 12.1 Å². The van der Waals surface area contributed by atoms with E-state index in [0.717, 1.165) is 24.4 Å². The van der Waals surface area contributed by atoms with Crippen LogP contribution in [0.1, 0.15) is 11.1 Å². The van der Waals surface area contributed by atoms with Gasteiger partial charge < -0.3 is 14.8 Å². The number of halogens is 1. The largest absolute Gasteiger partial charge is 0.486 e. The van der Waals surface area contributed by atoms with Crippen LogP contribution in [0, 0.1) is 0 Å². The Hall–Kier alpha value is -2.23. The summed E-state index contributed by atoms with van der Waals surface area (Å²) in [6, 6.07) is 18.9. The van der Waals surface area contributed by atoms with Gasteiger partial charge in [-0.25, -0.2) is 0 Å². The van der Waals surface area contributed by atoms with Gasteiger partial charge in [0.1, 0.15) is 13.2 Å². The third-order valence-electron chi connectivity index (χ3n) is 4.13. The van der Waals surface area contributed by atoms with Crippen LogP contribution in [0.4, 0.5) is 0 Å². The maximum atomic E-state index is 6.28. The molecule has 4 heteroatoms. The van der Waals surface area contributed by atoms with E-state index >= 15 is 0 Å². The molecule has 3 aromatic rings. The van der Waals surface area contributed by atoms with Crippen molar-refractivity contribution in [2.75, 3.05) is 13.2 Å². The number of fused-ring (bicyclic) bond motifs is 2. The SMILES string of the molecule is Clc1cc(CNCc2ccc3ccccc3c2)cc2c1OCCO2. The van der Waals surface area contributed by atoms with Crippen molar-refractivity contribution in [3.63, 3.8) is 0 Å². The number of nitrogens with one attached hydrogen (secondary N) is 1. The third-order valence-corrected chi connectivity index (χ3v) is 4.41. The Morgan fingerprint density at radius 1 is 0.833 bits per heavy atom. The molecule has 0 fully saturated rings. The summed E-state index contributed by atoms with van der Waals surface area (Å²) in [5, 5.41) is 6.59. The summed E-state index contributed by atoms with van der Waals surface area (Å²) in [7, 11) is 0. The Kier molecular flexibility index (Phi) is 4.28. The van der Waals surface area contributed by atoms with E-state index in [-0.39, 0.29) is 0 Å². The van der Waals surface area contributed by atoms with Crippen molar-refractivity contribution < 1.29 is 9.47 Å². The van der Waals surface area contributed by atoms with Crippen molar-refractivity contribution in [1.82, 2.24) is 5.32 Å². The Morgan fingerprint density at radius 2 is 1.62 bits per heavy atom. The summed E-state index contributed by atoms with van der Waals surface area (Å²) in [4.78, 5) is 0. The van der Waals surface area contributed by atoms with Crippen LogP contribution in [0.2, 0.25) is 5.02 Å². The topological polar surface area (TPSA) is 30.5 Å². The van der Waals surface area contributed by atoms with Gasteiger partial charge in [-0.2, -0.15) is 0 Å². The Balaban J connectivity index is 1.44. The minimum absolute atomic E-state index is 0.548. The van der Waals surface area contributed by atoms with Crippen LogP contribution < -0.4 is 14.8 Å². The van der Waals surface area contributed by atoms with Gasteiger partial charge in [-0.15, -0.1) is 0 Å². The predicted octanol–water partition coefficient (Wildman–Crippen LogP) is 4.55. The van der Waals surface area contributed by atoms with E-state index in [1.54, 1.807) is 0 Å². The van der Waals surface area contributed by atoms with Crippen molar-refractivity contribution in [2.24, 2.45) is 0 Å². The minimum atomic E-state index is 0.548. The maximum Gasteiger partial charge on any atom is 0.179 e.